The third kappa shape index (κ3) is 3.18. The van der Waals surface area contributed by atoms with E-state index in [0.29, 0.717) is 5.92 Å². The summed E-state index contributed by atoms with van der Waals surface area (Å²) >= 11 is 0. The smallest absolute Gasteiger partial charge is 0.143 e. The number of aromatic amines is 1. The molecule has 1 saturated heterocycles. The lowest BCUT2D eigenvalue weighted by Gasteiger charge is -2.27. The molecule has 3 heterocycles. The van der Waals surface area contributed by atoms with Gasteiger partial charge in [-0.3, -0.25) is 0 Å². The first-order chi connectivity index (χ1) is 11.8. The monoisotopic (exact) mass is 326 g/mol. The van der Waals surface area contributed by atoms with Crippen LogP contribution in [0.3, 0.4) is 0 Å². The fourth-order valence-electron chi connectivity index (χ4n) is 3.89. The summed E-state index contributed by atoms with van der Waals surface area (Å²) in [6.45, 7) is 2.80. The highest BCUT2D eigenvalue weighted by Crippen LogP contribution is 2.31. The van der Waals surface area contributed by atoms with E-state index in [4.69, 9.17) is 4.74 Å². The number of anilines is 1. The highest BCUT2D eigenvalue weighted by molar-refractivity contribution is 5.90. The summed E-state index contributed by atoms with van der Waals surface area (Å²) < 4.78 is 5.47. The quantitative estimate of drug-likeness (QED) is 0.929. The van der Waals surface area contributed by atoms with Crippen LogP contribution in [0.1, 0.15) is 44.2 Å². The number of allylic oxidation sites excluding steroid dienone is 2. The van der Waals surface area contributed by atoms with E-state index >= 15 is 0 Å². The summed E-state index contributed by atoms with van der Waals surface area (Å²) in [6, 6.07) is 2.24. The van der Waals surface area contributed by atoms with E-state index in [0.717, 1.165) is 55.9 Å². The topological polar surface area (TPSA) is 54.0 Å². The maximum Gasteiger partial charge on any atom is 0.143 e. The lowest BCUT2D eigenvalue weighted by Crippen LogP contribution is -2.30. The lowest BCUT2D eigenvalue weighted by atomic mass is 9.97. The summed E-state index contributed by atoms with van der Waals surface area (Å²) in [6.07, 6.45) is 11.3. The minimum Gasteiger partial charge on any atom is -0.381 e. The minimum atomic E-state index is 0.688. The molecule has 2 aliphatic rings. The molecule has 0 saturated carbocycles. The highest BCUT2D eigenvalue weighted by Gasteiger charge is 2.19. The Labute approximate surface area is 143 Å². The van der Waals surface area contributed by atoms with Crippen molar-refractivity contribution in [3.63, 3.8) is 0 Å². The molecule has 128 valence electrons. The number of rotatable bonds is 4. The van der Waals surface area contributed by atoms with Gasteiger partial charge in [-0.25, -0.2) is 9.97 Å². The maximum atomic E-state index is 5.47. The fourth-order valence-corrected chi connectivity index (χ4v) is 3.89. The van der Waals surface area contributed by atoms with Crippen molar-refractivity contribution in [2.24, 2.45) is 5.92 Å². The second-order valence-corrected chi connectivity index (χ2v) is 7.05. The molecule has 0 radical (unpaired) electrons. The van der Waals surface area contributed by atoms with E-state index < -0.39 is 0 Å². The molecule has 0 amide bonds. The number of hydrogen-bond acceptors (Lipinski definition) is 4. The Hall–Kier alpha value is -1.88. The molecule has 24 heavy (non-hydrogen) atoms. The molecule has 0 atom stereocenters. The van der Waals surface area contributed by atoms with Crippen molar-refractivity contribution in [1.82, 2.24) is 15.0 Å². The van der Waals surface area contributed by atoms with Gasteiger partial charge in [-0.1, -0.05) is 6.08 Å². The summed E-state index contributed by atoms with van der Waals surface area (Å²) in [7, 11) is 2.14. The number of nitrogens with one attached hydrogen (secondary N) is 1. The number of nitrogens with zero attached hydrogens (tertiary/aromatic N) is 3. The molecule has 1 aliphatic heterocycles. The third-order valence-electron chi connectivity index (χ3n) is 5.28. The van der Waals surface area contributed by atoms with Gasteiger partial charge in [0.1, 0.15) is 17.8 Å². The van der Waals surface area contributed by atoms with Gasteiger partial charge in [0.15, 0.2) is 0 Å². The molecule has 0 unspecified atom stereocenters. The van der Waals surface area contributed by atoms with Crippen LogP contribution >= 0.6 is 0 Å². The third-order valence-corrected chi connectivity index (χ3v) is 5.28. The fraction of sp³-hybridized carbons (Fsp3) is 0.579. The predicted molar refractivity (Wildman–Crippen MR) is 97.1 cm³/mol. The average Bonchev–Trinajstić information content (AvgIpc) is 3.07. The van der Waals surface area contributed by atoms with E-state index in [1.165, 1.54) is 30.5 Å². The highest BCUT2D eigenvalue weighted by atomic mass is 16.5. The molecular weight excluding hydrogens is 300 g/mol. The molecule has 4 rings (SSSR count). The Kier molecular flexibility index (Phi) is 4.52. The predicted octanol–water partition coefficient (Wildman–Crippen LogP) is 3.78. The van der Waals surface area contributed by atoms with E-state index in [9.17, 15) is 0 Å². The van der Waals surface area contributed by atoms with Crippen LogP contribution in [0.15, 0.2) is 18.5 Å². The first-order valence-electron chi connectivity index (χ1n) is 9.13. The van der Waals surface area contributed by atoms with Gasteiger partial charge in [0, 0.05) is 32.5 Å². The van der Waals surface area contributed by atoms with E-state index in [2.05, 4.69) is 39.0 Å². The SMILES string of the molecule is CN(CC1CCOCC1)c1ncnc2[nH]c(C3=CCCCC3)cc12. The largest absolute Gasteiger partial charge is 0.381 e. The molecule has 0 spiro atoms. The molecule has 1 aliphatic carbocycles. The van der Waals surface area contributed by atoms with E-state index in [1.807, 2.05) is 0 Å². The standard InChI is InChI=1S/C19H26N4O/c1-23(12-14-7-9-24-10-8-14)19-16-11-17(15-5-3-2-4-6-15)22-18(16)20-13-21-19/h5,11,13-14H,2-4,6-10,12H2,1H3,(H,20,21,22). The molecule has 1 fully saturated rings. The van der Waals surface area contributed by atoms with Crippen LogP contribution in [0.2, 0.25) is 0 Å². The van der Waals surface area contributed by atoms with Crippen LogP contribution in [0.25, 0.3) is 16.6 Å². The lowest BCUT2D eigenvalue weighted by molar-refractivity contribution is 0.0685. The van der Waals surface area contributed by atoms with Crippen LogP contribution in [0, 0.1) is 5.92 Å². The average molecular weight is 326 g/mol. The first-order valence-corrected chi connectivity index (χ1v) is 9.13. The van der Waals surface area contributed by atoms with Crippen molar-refractivity contribution in [2.45, 2.75) is 38.5 Å². The van der Waals surface area contributed by atoms with Crippen molar-refractivity contribution in [3.05, 3.63) is 24.2 Å². The Morgan fingerprint density at radius 1 is 1.25 bits per heavy atom. The summed E-state index contributed by atoms with van der Waals surface area (Å²) in [5.74, 6) is 1.72. The van der Waals surface area contributed by atoms with Crippen molar-refractivity contribution in [3.8, 4) is 0 Å². The Morgan fingerprint density at radius 3 is 2.92 bits per heavy atom. The van der Waals surface area contributed by atoms with Crippen molar-refractivity contribution in [1.29, 1.82) is 0 Å². The molecule has 0 aromatic carbocycles. The van der Waals surface area contributed by atoms with Gasteiger partial charge < -0.3 is 14.6 Å². The van der Waals surface area contributed by atoms with E-state index in [1.54, 1.807) is 6.33 Å². The number of fused-ring (bicyclic) bond motifs is 1. The molecule has 1 N–H and O–H groups in total. The summed E-state index contributed by atoms with van der Waals surface area (Å²) in [4.78, 5) is 14.8. The zero-order chi connectivity index (χ0) is 16.4. The van der Waals surface area contributed by atoms with Gasteiger partial charge in [0.2, 0.25) is 0 Å². The van der Waals surface area contributed by atoms with Gasteiger partial charge in [-0.2, -0.15) is 0 Å². The van der Waals surface area contributed by atoms with Crippen LogP contribution in [-0.4, -0.2) is 41.8 Å². The first kappa shape index (κ1) is 15.6. The Bertz CT molecular complexity index is 730. The maximum absolute atomic E-state index is 5.47. The summed E-state index contributed by atoms with van der Waals surface area (Å²) in [5.41, 5.74) is 3.59. The number of H-pyrrole nitrogens is 1. The van der Waals surface area contributed by atoms with Crippen LogP contribution in [-0.2, 0) is 4.74 Å². The zero-order valence-corrected chi connectivity index (χ0v) is 14.4. The van der Waals surface area contributed by atoms with Gasteiger partial charge in [0.05, 0.1) is 5.39 Å². The molecule has 5 nitrogen and oxygen atoms in total. The molecule has 2 aromatic rings. The molecule has 2 aromatic heterocycles. The number of ether oxygens (including phenoxy) is 1. The summed E-state index contributed by atoms with van der Waals surface area (Å²) in [5, 5.41) is 1.13. The van der Waals surface area contributed by atoms with Gasteiger partial charge in [-0.15, -0.1) is 0 Å². The van der Waals surface area contributed by atoms with Crippen molar-refractivity contribution in [2.75, 3.05) is 31.7 Å². The minimum absolute atomic E-state index is 0.688. The van der Waals surface area contributed by atoms with Gasteiger partial charge in [0.25, 0.3) is 0 Å². The second-order valence-electron chi connectivity index (χ2n) is 7.05. The Balaban J connectivity index is 1.60. The molecule has 5 heteroatoms. The number of hydrogen-bond donors (Lipinski definition) is 1. The van der Waals surface area contributed by atoms with Gasteiger partial charge >= 0.3 is 0 Å². The molecule has 0 bridgehead atoms. The van der Waals surface area contributed by atoms with Crippen LogP contribution in [0.5, 0.6) is 0 Å². The van der Waals surface area contributed by atoms with Crippen molar-refractivity contribution >= 4 is 22.4 Å². The zero-order valence-electron chi connectivity index (χ0n) is 14.4. The van der Waals surface area contributed by atoms with Crippen LogP contribution in [0.4, 0.5) is 5.82 Å². The molecular formula is C19H26N4O. The van der Waals surface area contributed by atoms with Crippen LogP contribution < -0.4 is 4.90 Å². The second kappa shape index (κ2) is 6.93. The van der Waals surface area contributed by atoms with Gasteiger partial charge in [-0.05, 0) is 56.1 Å². The Morgan fingerprint density at radius 2 is 2.12 bits per heavy atom. The normalized spacial score (nSPS) is 19.5. The van der Waals surface area contributed by atoms with E-state index in [-0.39, 0.29) is 0 Å². The van der Waals surface area contributed by atoms with Crippen molar-refractivity contribution < 1.29 is 4.74 Å². The number of aromatic nitrogens is 3.